The predicted molar refractivity (Wildman–Crippen MR) is 141 cm³/mol. The minimum atomic E-state index is -1.06. The van der Waals surface area contributed by atoms with Gasteiger partial charge in [-0.25, -0.2) is 9.38 Å². The lowest BCUT2D eigenvalue weighted by Crippen LogP contribution is -2.82. The summed E-state index contributed by atoms with van der Waals surface area (Å²) in [5.74, 6) is 0.414. The number of nitrogens with one attached hydrogen (secondary N) is 2. The highest BCUT2D eigenvalue weighted by Crippen LogP contribution is 2.34. The number of carbonyl (C=O) groups is 1. The number of aromatic nitrogens is 1. The number of nitrogen functional groups attached to an aromatic ring is 1. The molecule has 4 rings (SSSR count). The number of amidine groups is 1. The molecule has 1 amide bonds. The zero-order valence-electron chi connectivity index (χ0n) is 21.4. The van der Waals surface area contributed by atoms with Crippen molar-refractivity contribution >= 4 is 23.0 Å². The molecule has 7 N–H and O–H groups in total. The molecular formula is C28H37FN5O3+. The second-order valence-electron chi connectivity index (χ2n) is 10.2. The van der Waals surface area contributed by atoms with Crippen LogP contribution in [0.1, 0.15) is 48.6 Å². The number of pyridine rings is 1. The molecular weight excluding hydrogens is 473 g/mol. The number of aliphatic hydroxyl groups is 1. The van der Waals surface area contributed by atoms with Gasteiger partial charge < -0.3 is 20.9 Å². The number of hydrogen-bond acceptors (Lipinski definition) is 5. The molecule has 1 aliphatic heterocycles. The minimum absolute atomic E-state index is 0.198. The molecule has 0 bridgehead atoms. The first-order valence-electron chi connectivity index (χ1n) is 12.8. The third-order valence-electron chi connectivity index (χ3n) is 7.43. The number of nitrogens with zero attached hydrogens (tertiary/aromatic N) is 1. The van der Waals surface area contributed by atoms with Crippen LogP contribution in [-0.2, 0) is 16.0 Å². The Morgan fingerprint density at radius 1 is 1.32 bits per heavy atom. The maximum Gasteiger partial charge on any atom is 0.275 e. The van der Waals surface area contributed by atoms with Crippen molar-refractivity contribution in [3.8, 4) is 0 Å². The van der Waals surface area contributed by atoms with Crippen LogP contribution in [0.25, 0.3) is 5.57 Å². The molecule has 1 saturated carbocycles. The summed E-state index contributed by atoms with van der Waals surface area (Å²) in [5.41, 5.74) is 15.8. The number of alkyl halides is 1. The molecule has 1 aromatic carbocycles. The average molecular weight is 511 g/mol. The minimum Gasteiger partial charge on any atom is -0.404 e. The Kier molecular flexibility index (Phi) is 8.56. The van der Waals surface area contributed by atoms with Crippen LogP contribution in [0.15, 0.2) is 42.7 Å². The van der Waals surface area contributed by atoms with Crippen molar-refractivity contribution in [2.45, 2.75) is 51.9 Å². The number of amides is 1. The van der Waals surface area contributed by atoms with Crippen molar-refractivity contribution in [2.24, 2.45) is 29.2 Å². The fourth-order valence-corrected chi connectivity index (χ4v) is 4.73. The average Bonchev–Trinajstić information content (AvgIpc) is 3.64. The molecule has 198 valence electrons. The van der Waals surface area contributed by atoms with Crippen LogP contribution in [0, 0.1) is 24.7 Å². The number of aryl methyl sites for hydroxylation is 1. The van der Waals surface area contributed by atoms with Crippen LogP contribution >= 0.6 is 0 Å². The van der Waals surface area contributed by atoms with E-state index in [0.29, 0.717) is 35.2 Å². The molecule has 8 nitrogen and oxygen atoms in total. The number of ether oxygens (including phenoxy) is 1. The summed E-state index contributed by atoms with van der Waals surface area (Å²) in [4.78, 5) is 20.4. The van der Waals surface area contributed by atoms with E-state index < -0.39 is 24.2 Å². The molecule has 2 aliphatic rings. The fourth-order valence-electron chi connectivity index (χ4n) is 4.73. The predicted octanol–water partition coefficient (Wildman–Crippen LogP) is 1.40. The molecule has 37 heavy (non-hydrogen) atoms. The van der Waals surface area contributed by atoms with E-state index in [-0.39, 0.29) is 11.4 Å². The van der Waals surface area contributed by atoms with Gasteiger partial charge in [0.2, 0.25) is 0 Å². The number of anilines is 1. The van der Waals surface area contributed by atoms with E-state index in [0.717, 1.165) is 43.6 Å². The van der Waals surface area contributed by atoms with Gasteiger partial charge in [-0.2, -0.15) is 0 Å². The van der Waals surface area contributed by atoms with Gasteiger partial charge in [0.05, 0.1) is 22.7 Å². The highest BCUT2D eigenvalue weighted by Gasteiger charge is 2.44. The lowest BCUT2D eigenvalue weighted by molar-refractivity contribution is -0.561. The van der Waals surface area contributed by atoms with E-state index in [1.165, 1.54) is 6.20 Å². The first kappa shape index (κ1) is 26.8. The van der Waals surface area contributed by atoms with Gasteiger partial charge in [0.1, 0.15) is 6.17 Å². The standard InChI is InChI=1S/C28H36FN5O3/c1-16-6-9-37-10-7-19(16)11-18-5-8-32-25(12-18)22(15-30)28(36)33-24-13-20(4-3-17(24)2)26(31)34-27(35)21-14-23(21)29/h3-5,8,12-13,15-16,19,21,23,27,35H,6-7,9-11,14,30H2,1-2H3,(H2,31,34)(H,33,36)/p+1/b22-15+/t16?,19?,21-,23-,27?/m0/s1. The van der Waals surface area contributed by atoms with Gasteiger partial charge in [-0.05, 0) is 79.8 Å². The topological polar surface area (TPSA) is 137 Å². The quantitative estimate of drug-likeness (QED) is 0.158. The van der Waals surface area contributed by atoms with Gasteiger partial charge in [-0.15, -0.1) is 0 Å². The number of nitrogens with two attached hydrogens (primary N) is 2. The highest BCUT2D eigenvalue weighted by atomic mass is 19.1. The van der Waals surface area contributed by atoms with Crippen molar-refractivity contribution in [1.82, 2.24) is 4.98 Å². The Labute approximate surface area is 217 Å². The smallest absolute Gasteiger partial charge is 0.275 e. The monoisotopic (exact) mass is 510 g/mol. The fraction of sp³-hybridized carbons (Fsp3) is 0.464. The van der Waals surface area contributed by atoms with Gasteiger partial charge in [-0.1, -0.05) is 13.0 Å². The van der Waals surface area contributed by atoms with E-state index >= 15 is 0 Å². The maximum atomic E-state index is 13.2. The number of rotatable bonds is 8. The zero-order valence-corrected chi connectivity index (χ0v) is 21.4. The zero-order chi connectivity index (χ0) is 26.5. The van der Waals surface area contributed by atoms with Crippen molar-refractivity contribution in [2.75, 3.05) is 18.5 Å². The van der Waals surface area contributed by atoms with Crippen LogP contribution in [0.3, 0.4) is 0 Å². The third-order valence-corrected chi connectivity index (χ3v) is 7.43. The Balaban J connectivity index is 1.48. The molecule has 1 aliphatic carbocycles. The summed E-state index contributed by atoms with van der Waals surface area (Å²) in [7, 11) is 0. The highest BCUT2D eigenvalue weighted by molar-refractivity contribution is 6.25. The first-order valence-corrected chi connectivity index (χ1v) is 12.8. The molecule has 2 heterocycles. The summed E-state index contributed by atoms with van der Waals surface area (Å²) >= 11 is 0. The Bertz CT molecular complexity index is 1180. The molecule has 1 saturated heterocycles. The second kappa shape index (κ2) is 11.8. The lowest BCUT2D eigenvalue weighted by atomic mass is 9.84. The molecule has 0 radical (unpaired) electrons. The molecule has 5 atom stereocenters. The molecule has 2 aromatic rings. The van der Waals surface area contributed by atoms with Gasteiger partial charge in [0.15, 0.2) is 6.23 Å². The van der Waals surface area contributed by atoms with Crippen molar-refractivity contribution < 1.29 is 24.0 Å². The van der Waals surface area contributed by atoms with Crippen LogP contribution in [0.5, 0.6) is 0 Å². The summed E-state index contributed by atoms with van der Waals surface area (Å²) in [5, 5.41) is 13.0. The summed E-state index contributed by atoms with van der Waals surface area (Å²) in [6, 6.07) is 9.19. The summed E-state index contributed by atoms with van der Waals surface area (Å²) in [6.07, 6.45) is 4.16. The molecule has 3 unspecified atom stereocenters. The van der Waals surface area contributed by atoms with Gasteiger partial charge in [0.25, 0.3) is 11.7 Å². The number of halogens is 1. The molecule has 1 aromatic heterocycles. The van der Waals surface area contributed by atoms with Crippen LogP contribution in [0.2, 0.25) is 0 Å². The largest absolute Gasteiger partial charge is 0.404 e. The summed E-state index contributed by atoms with van der Waals surface area (Å²) < 4.78 is 18.9. The molecule has 2 fully saturated rings. The van der Waals surface area contributed by atoms with Crippen LogP contribution in [0.4, 0.5) is 10.1 Å². The van der Waals surface area contributed by atoms with Crippen molar-refractivity contribution in [1.29, 1.82) is 0 Å². The number of benzene rings is 1. The van der Waals surface area contributed by atoms with Crippen LogP contribution < -0.4 is 21.8 Å². The normalized spacial score (nSPS) is 25.3. The van der Waals surface area contributed by atoms with Crippen molar-refractivity contribution in [3.05, 3.63) is 65.1 Å². The van der Waals surface area contributed by atoms with Crippen LogP contribution in [-0.4, -0.2) is 47.4 Å². The first-order chi connectivity index (χ1) is 17.8. The SMILES string of the molecule is Cc1ccc(/C(N)=[NH+]/C(O)[C@H]2C[C@@H]2F)cc1NC(=O)/C(=C/N)c1cc(CC2CCOCCC2C)ccn1. The Morgan fingerprint density at radius 3 is 2.81 bits per heavy atom. The lowest BCUT2D eigenvalue weighted by Gasteiger charge is -2.21. The molecule has 9 heteroatoms. The Hall–Kier alpha value is -3.30. The van der Waals surface area contributed by atoms with Gasteiger partial charge >= 0.3 is 0 Å². The second-order valence-corrected chi connectivity index (χ2v) is 10.2. The number of aliphatic hydroxyl groups excluding tert-OH is 1. The third kappa shape index (κ3) is 6.72. The van der Waals surface area contributed by atoms with E-state index in [2.05, 4.69) is 22.2 Å². The number of hydrogen-bond donors (Lipinski definition) is 5. The maximum absolute atomic E-state index is 13.2. The Morgan fingerprint density at radius 2 is 2.08 bits per heavy atom. The summed E-state index contributed by atoms with van der Waals surface area (Å²) in [6.45, 7) is 5.70. The van der Waals surface area contributed by atoms with E-state index in [4.69, 9.17) is 16.2 Å². The van der Waals surface area contributed by atoms with E-state index in [9.17, 15) is 14.3 Å². The molecule has 0 spiro atoms. The van der Waals surface area contributed by atoms with Gasteiger partial charge in [-0.3, -0.25) is 15.5 Å². The van der Waals surface area contributed by atoms with E-state index in [1.807, 2.05) is 25.1 Å². The number of carbonyl (C=O) groups excluding carboxylic acids is 1. The van der Waals surface area contributed by atoms with Gasteiger partial charge in [0, 0.05) is 31.3 Å². The van der Waals surface area contributed by atoms with E-state index in [1.54, 1.807) is 18.3 Å². The van der Waals surface area contributed by atoms with Crippen molar-refractivity contribution in [3.63, 3.8) is 0 Å².